The maximum absolute atomic E-state index is 12.7. The minimum Gasteiger partial charge on any atom is -0.748 e. The predicted molar refractivity (Wildman–Crippen MR) is 197 cm³/mol. The Hall–Kier alpha value is -3.55. The fourth-order valence-corrected chi connectivity index (χ4v) is 7.18. The molecular weight excluding hydrogens is 755 g/mol. The lowest BCUT2D eigenvalue weighted by atomic mass is 10.2. The number of hydrogen-bond acceptors (Lipinski definition) is 8. The molecule has 0 radical (unpaired) electrons. The zero-order chi connectivity index (χ0) is 35.3. The van der Waals surface area contributed by atoms with Gasteiger partial charge in [-0.3, -0.25) is 0 Å². The molecular formula is C35H37BrCl2N4O6S. The number of halogens is 3. The summed E-state index contributed by atoms with van der Waals surface area (Å²) in [5.74, 6) is 1.35. The molecule has 0 amide bonds. The van der Waals surface area contributed by atoms with Crippen molar-refractivity contribution in [1.29, 1.82) is 0 Å². The molecule has 1 aliphatic rings. The highest BCUT2D eigenvalue weighted by Gasteiger charge is 2.31. The van der Waals surface area contributed by atoms with E-state index in [-0.39, 0.29) is 30.2 Å². The fourth-order valence-electron chi connectivity index (χ4n) is 5.98. The van der Waals surface area contributed by atoms with Crippen molar-refractivity contribution in [3.63, 3.8) is 0 Å². The van der Waals surface area contributed by atoms with Gasteiger partial charge in [-0.15, -0.1) is 0 Å². The van der Waals surface area contributed by atoms with Gasteiger partial charge in [-0.05, 0) is 73.5 Å². The Morgan fingerprint density at radius 2 is 1.73 bits per heavy atom. The summed E-state index contributed by atoms with van der Waals surface area (Å²) in [6, 6.07) is 17.0. The minimum atomic E-state index is -4.42. The normalized spacial score (nSPS) is 14.0. The molecule has 14 heteroatoms. The van der Waals surface area contributed by atoms with E-state index in [0.29, 0.717) is 36.8 Å². The van der Waals surface area contributed by atoms with Crippen molar-refractivity contribution in [2.45, 2.75) is 40.3 Å². The monoisotopic (exact) mass is 790 g/mol. The van der Waals surface area contributed by atoms with E-state index in [1.165, 1.54) is 0 Å². The number of carbonyl (C=O) groups excluding carboxylic acids is 1. The number of nitrogens with zero attached hydrogens (tertiary/aromatic N) is 4. The second-order valence-electron chi connectivity index (χ2n) is 11.1. The van der Waals surface area contributed by atoms with Crippen molar-refractivity contribution in [3.8, 4) is 5.75 Å². The van der Waals surface area contributed by atoms with Crippen molar-refractivity contribution < 1.29 is 31.8 Å². The van der Waals surface area contributed by atoms with E-state index in [1.54, 1.807) is 19.1 Å². The van der Waals surface area contributed by atoms with Crippen LogP contribution >= 0.6 is 39.1 Å². The number of esters is 1. The standard InChI is InChI=1S/C35H37BrCl2N4O6S/c1-4-39-30-21-26(36)28(38)23-32(30)42(17-18-48-24-12-8-7-9-13-24)34(39)15-10-14-33-40(5-2)31-22-27(37)25(35(43)47-6-3)20-29(31)41(33)16-11-19-49(44,45)46/h7-10,12-15,20-23H,4-6,11,16-19H2,1-3H3. The molecule has 2 heterocycles. The second kappa shape index (κ2) is 16.0. The lowest BCUT2D eigenvalue weighted by Gasteiger charge is -2.24. The van der Waals surface area contributed by atoms with Crippen LogP contribution in [0.2, 0.25) is 10.0 Å². The van der Waals surface area contributed by atoms with E-state index in [0.717, 1.165) is 38.8 Å². The number of hydrogen-bond donors (Lipinski definition) is 0. The number of aryl methyl sites for hydroxylation is 2. The lowest BCUT2D eigenvalue weighted by Crippen LogP contribution is -2.37. The van der Waals surface area contributed by atoms with Gasteiger partial charge in [0.2, 0.25) is 0 Å². The number of imidazole rings is 1. The van der Waals surface area contributed by atoms with Crippen molar-refractivity contribution in [2.24, 2.45) is 0 Å². The first-order chi connectivity index (χ1) is 23.5. The van der Waals surface area contributed by atoms with E-state index in [9.17, 15) is 17.8 Å². The highest BCUT2D eigenvalue weighted by molar-refractivity contribution is 9.10. The Balaban J connectivity index is 1.57. The molecule has 0 unspecified atom stereocenters. The maximum Gasteiger partial charge on any atom is 0.339 e. The number of rotatable bonds is 14. The zero-order valence-electron chi connectivity index (χ0n) is 27.4. The van der Waals surface area contributed by atoms with Crippen LogP contribution in [0.25, 0.3) is 17.1 Å². The van der Waals surface area contributed by atoms with Crippen LogP contribution in [-0.4, -0.2) is 55.6 Å². The van der Waals surface area contributed by atoms with E-state index in [1.807, 2.05) is 76.8 Å². The largest absolute Gasteiger partial charge is 0.748 e. The molecule has 0 spiro atoms. The second-order valence-corrected chi connectivity index (χ2v) is 14.3. The molecule has 10 nitrogen and oxygen atoms in total. The number of aromatic nitrogens is 2. The summed E-state index contributed by atoms with van der Waals surface area (Å²) < 4.78 is 50.5. The van der Waals surface area contributed by atoms with Gasteiger partial charge in [0.05, 0.1) is 63.3 Å². The number of benzene rings is 3. The quantitative estimate of drug-likeness (QED) is 0.0739. The molecule has 4 aromatic rings. The summed E-state index contributed by atoms with van der Waals surface area (Å²) in [6.07, 6.45) is 5.95. The Morgan fingerprint density at radius 1 is 1.00 bits per heavy atom. The average Bonchev–Trinajstić information content (AvgIpc) is 3.50. The molecule has 1 aliphatic heterocycles. The summed E-state index contributed by atoms with van der Waals surface area (Å²) in [7, 11) is -4.42. The third-order valence-electron chi connectivity index (χ3n) is 8.07. The zero-order valence-corrected chi connectivity index (χ0v) is 31.3. The Kier molecular flexibility index (Phi) is 12.0. The van der Waals surface area contributed by atoms with Gasteiger partial charge in [-0.1, -0.05) is 47.5 Å². The van der Waals surface area contributed by atoms with Crippen LogP contribution < -0.4 is 19.1 Å². The van der Waals surface area contributed by atoms with Crippen molar-refractivity contribution >= 4 is 83.7 Å². The molecule has 0 atom stereocenters. The molecule has 0 fully saturated rings. The van der Waals surface area contributed by atoms with Crippen molar-refractivity contribution in [3.05, 3.63) is 98.5 Å². The van der Waals surface area contributed by atoms with Crippen LogP contribution in [0.15, 0.2) is 77.0 Å². The van der Waals surface area contributed by atoms with Crippen LogP contribution in [0.1, 0.15) is 43.4 Å². The third kappa shape index (κ3) is 8.26. The maximum atomic E-state index is 12.7. The van der Waals surface area contributed by atoms with Crippen LogP contribution in [-0.2, 0) is 27.9 Å². The summed E-state index contributed by atoms with van der Waals surface area (Å²) in [5, 5.41) is 0.834. The average molecular weight is 793 g/mol. The third-order valence-corrected chi connectivity index (χ3v) is 10.4. The van der Waals surface area contributed by atoms with Gasteiger partial charge in [-0.25, -0.2) is 22.3 Å². The van der Waals surface area contributed by atoms with Crippen LogP contribution in [0.5, 0.6) is 5.75 Å². The first-order valence-corrected chi connectivity index (χ1v) is 19.1. The summed E-state index contributed by atoms with van der Waals surface area (Å²) >= 11 is 16.7. The van der Waals surface area contributed by atoms with E-state index >= 15 is 0 Å². The topological polar surface area (TPSA) is 108 Å². The highest BCUT2D eigenvalue weighted by Crippen LogP contribution is 2.45. The van der Waals surface area contributed by atoms with Gasteiger partial charge in [0.25, 0.3) is 5.82 Å². The fraction of sp³-hybridized carbons (Fsp3) is 0.314. The number of para-hydroxylation sites is 1. The number of fused-ring (bicyclic) bond motifs is 2. The molecule has 260 valence electrons. The van der Waals surface area contributed by atoms with Crippen LogP contribution in [0.4, 0.5) is 11.4 Å². The first-order valence-electron chi connectivity index (χ1n) is 15.9. The van der Waals surface area contributed by atoms with Crippen molar-refractivity contribution in [1.82, 2.24) is 4.57 Å². The van der Waals surface area contributed by atoms with Gasteiger partial charge in [0.15, 0.2) is 11.0 Å². The molecule has 3 aromatic carbocycles. The Morgan fingerprint density at radius 3 is 2.41 bits per heavy atom. The van der Waals surface area contributed by atoms with Gasteiger partial charge in [-0.2, -0.15) is 0 Å². The molecule has 0 bridgehead atoms. The van der Waals surface area contributed by atoms with Gasteiger partial charge in [0, 0.05) is 35.0 Å². The first kappa shape index (κ1) is 36.7. The molecule has 0 aliphatic carbocycles. The smallest absolute Gasteiger partial charge is 0.339 e. The van der Waals surface area contributed by atoms with E-state index in [2.05, 4.69) is 32.7 Å². The summed E-state index contributed by atoms with van der Waals surface area (Å²) in [4.78, 5) is 17.1. The summed E-state index contributed by atoms with van der Waals surface area (Å²) in [6.45, 7) is 8.38. The van der Waals surface area contributed by atoms with Gasteiger partial charge in [0.1, 0.15) is 18.2 Å². The van der Waals surface area contributed by atoms with Crippen LogP contribution in [0, 0.1) is 0 Å². The molecule has 1 aromatic heterocycles. The molecule has 0 saturated heterocycles. The van der Waals surface area contributed by atoms with Gasteiger partial charge >= 0.3 is 5.97 Å². The van der Waals surface area contributed by atoms with Crippen molar-refractivity contribution in [2.75, 3.05) is 41.9 Å². The Labute approximate surface area is 305 Å². The van der Waals surface area contributed by atoms with E-state index in [4.69, 9.17) is 32.7 Å². The lowest BCUT2D eigenvalue weighted by molar-refractivity contribution is -0.673. The predicted octanol–water partition coefficient (Wildman–Crippen LogP) is 7.41. The molecule has 5 rings (SSSR count). The number of anilines is 2. The highest BCUT2D eigenvalue weighted by atomic mass is 79.9. The molecule has 49 heavy (non-hydrogen) atoms. The molecule has 0 saturated carbocycles. The number of carbonyl (C=O) groups is 1. The van der Waals surface area contributed by atoms with Crippen LogP contribution in [0.3, 0.4) is 0 Å². The Bertz CT molecular complexity index is 2020. The number of allylic oxidation sites excluding steroid dienone is 2. The minimum absolute atomic E-state index is 0.0857. The summed E-state index contributed by atoms with van der Waals surface area (Å²) in [5.41, 5.74) is 3.56. The SMILES string of the molecule is CCOC(=O)c1cc2c(cc1Cl)n(CC)c(C=CC=C1N(CC)c3cc(Br)c(Cl)cc3N1CCOc1ccccc1)[n+]2CCCS(=O)(=O)[O-]. The van der Waals surface area contributed by atoms with Gasteiger partial charge < -0.3 is 23.8 Å². The van der Waals surface area contributed by atoms with E-state index < -0.39 is 21.8 Å². The number of ether oxygens (including phenoxy) is 2. The molecule has 0 N–H and O–H groups in total.